The highest BCUT2D eigenvalue weighted by atomic mass is 16.2. The lowest BCUT2D eigenvalue weighted by atomic mass is 9.90. The van der Waals surface area contributed by atoms with Crippen LogP contribution in [0.2, 0.25) is 0 Å². The van der Waals surface area contributed by atoms with Gasteiger partial charge in [0, 0.05) is 32.6 Å². The smallest absolute Gasteiger partial charge is 0.246 e. The molecule has 2 aromatic rings. The number of nitrogens with zero attached hydrogens (tertiary/aromatic N) is 4. The van der Waals surface area contributed by atoms with E-state index < -0.39 is 12.1 Å². The van der Waals surface area contributed by atoms with Crippen molar-refractivity contribution < 1.29 is 19.2 Å². The summed E-state index contributed by atoms with van der Waals surface area (Å²) in [4.78, 5) is 62.1. The van der Waals surface area contributed by atoms with Crippen LogP contribution in [0.4, 0.5) is 0 Å². The number of rotatable bonds is 12. The second-order valence-corrected chi connectivity index (χ2v) is 13.3. The van der Waals surface area contributed by atoms with Gasteiger partial charge in [0.1, 0.15) is 18.6 Å². The van der Waals surface area contributed by atoms with E-state index >= 15 is 0 Å². The van der Waals surface area contributed by atoms with Crippen molar-refractivity contribution in [3.05, 3.63) is 71.8 Å². The maximum Gasteiger partial charge on any atom is 0.246 e. The number of carbonyl (C=O) groups is 4. The van der Waals surface area contributed by atoms with Crippen molar-refractivity contribution in [1.29, 1.82) is 5.41 Å². The van der Waals surface area contributed by atoms with Crippen LogP contribution in [0.15, 0.2) is 60.7 Å². The molecule has 3 fully saturated rings. The minimum absolute atomic E-state index is 0.0252. The van der Waals surface area contributed by atoms with Crippen molar-refractivity contribution in [2.45, 2.75) is 69.9 Å². The van der Waals surface area contributed by atoms with Crippen molar-refractivity contribution in [3.63, 3.8) is 0 Å². The van der Waals surface area contributed by atoms with Crippen LogP contribution in [0, 0.1) is 11.3 Å². The van der Waals surface area contributed by atoms with Gasteiger partial charge in [0.25, 0.3) is 0 Å². The number of likely N-dealkylation sites (tertiary alicyclic amines) is 2. The fourth-order valence-electron chi connectivity index (χ4n) is 7.14. The number of hydrogen-bond acceptors (Lipinski definition) is 6. The minimum atomic E-state index is -0.778. The molecule has 4 N–H and O–H groups in total. The molecule has 260 valence electrons. The predicted octanol–water partition coefficient (Wildman–Crippen LogP) is 2.68. The normalized spacial score (nSPS) is 20.8. The van der Waals surface area contributed by atoms with E-state index in [4.69, 9.17) is 5.41 Å². The van der Waals surface area contributed by atoms with Crippen molar-refractivity contribution in [2.75, 3.05) is 52.9 Å². The molecule has 3 atom stereocenters. The monoisotopic (exact) mass is 659 g/mol. The van der Waals surface area contributed by atoms with Gasteiger partial charge in [-0.05, 0) is 82.0 Å². The van der Waals surface area contributed by atoms with E-state index in [0.717, 1.165) is 69.9 Å². The molecule has 5 rings (SSSR count). The first-order valence-corrected chi connectivity index (χ1v) is 17.4. The van der Waals surface area contributed by atoms with E-state index in [1.54, 1.807) is 4.90 Å². The van der Waals surface area contributed by atoms with Crippen LogP contribution in [0.3, 0.4) is 0 Å². The average molecular weight is 660 g/mol. The molecule has 3 aliphatic heterocycles. The fourth-order valence-corrected chi connectivity index (χ4v) is 7.14. The van der Waals surface area contributed by atoms with Crippen LogP contribution in [0.5, 0.6) is 0 Å². The lowest BCUT2D eigenvalue weighted by Gasteiger charge is -2.40. The molecular formula is C37H53N7O4. The molecule has 0 saturated carbocycles. The zero-order chi connectivity index (χ0) is 34.3. The van der Waals surface area contributed by atoms with Crippen molar-refractivity contribution >= 4 is 30.0 Å². The zero-order valence-corrected chi connectivity index (χ0v) is 28.4. The second kappa shape index (κ2) is 18.9. The molecule has 2 unspecified atom stereocenters. The van der Waals surface area contributed by atoms with Crippen LogP contribution < -0.4 is 11.1 Å². The number of benzene rings is 2. The number of hydrogen-bond donors (Lipinski definition) is 3. The molecule has 11 nitrogen and oxygen atoms in total. The molecule has 3 aliphatic rings. The Morgan fingerprint density at radius 2 is 1.60 bits per heavy atom. The molecule has 0 aromatic heterocycles. The topological polar surface area (TPSA) is 143 Å². The van der Waals surface area contributed by atoms with Gasteiger partial charge in [0.15, 0.2) is 0 Å². The van der Waals surface area contributed by atoms with E-state index in [1.165, 1.54) is 10.5 Å². The molecule has 11 heteroatoms. The molecule has 3 heterocycles. The summed E-state index contributed by atoms with van der Waals surface area (Å²) in [6, 6.07) is 18.3. The molecular weight excluding hydrogens is 606 g/mol. The van der Waals surface area contributed by atoms with E-state index in [-0.39, 0.29) is 36.7 Å². The second-order valence-electron chi connectivity index (χ2n) is 13.3. The Bertz CT molecular complexity index is 1340. The van der Waals surface area contributed by atoms with Gasteiger partial charge in [0.2, 0.25) is 23.6 Å². The summed E-state index contributed by atoms with van der Waals surface area (Å²) < 4.78 is 0. The van der Waals surface area contributed by atoms with E-state index in [9.17, 15) is 19.2 Å². The number of nitrogens with two attached hydrogens (primary N) is 1. The van der Waals surface area contributed by atoms with Gasteiger partial charge in [-0.2, -0.15) is 0 Å². The Kier molecular flexibility index (Phi) is 14.4. The third kappa shape index (κ3) is 10.9. The first-order chi connectivity index (χ1) is 23.3. The van der Waals surface area contributed by atoms with Crippen molar-refractivity contribution in [2.24, 2.45) is 11.7 Å². The summed E-state index contributed by atoms with van der Waals surface area (Å²) in [5.74, 6) is -0.464. The largest absolute Gasteiger partial charge is 0.390 e. The Morgan fingerprint density at radius 1 is 0.958 bits per heavy atom. The van der Waals surface area contributed by atoms with Crippen LogP contribution in [0.1, 0.15) is 56.1 Å². The summed E-state index contributed by atoms with van der Waals surface area (Å²) >= 11 is 0. The predicted molar refractivity (Wildman–Crippen MR) is 187 cm³/mol. The Labute approximate surface area is 285 Å². The Hall–Kier alpha value is -4.25. The highest BCUT2D eigenvalue weighted by Crippen LogP contribution is 2.23. The SMILES string of the molecule is CN1CCCC(C[C@H](NC(=O)CN2C(=O)CN(CCCc3ccccc3)C(=O)C2Cc2ccccc2)C(=O)N2CCCCC2)C1.N=CN. The standard InChI is InChI=1S/C36H49N5O4.CH4N2/c1-38-19-11-18-30(25-38)23-31(35(44)39-20-9-4-10-21-39)37-33(42)26-41-32(24-29-15-7-3-8-16-29)36(45)40(27-34(41)43)22-12-17-28-13-5-2-6-14-28;2-1-3/h2-3,5-8,13-16,30-32H,4,9-12,17-27H2,1H3,(H,37,42);1H,(H3,2,3)/t30?,31-,32?;/m0./s1. The average Bonchev–Trinajstić information content (AvgIpc) is 3.09. The third-order valence-electron chi connectivity index (χ3n) is 9.53. The summed E-state index contributed by atoms with van der Waals surface area (Å²) in [7, 11) is 2.10. The maximum atomic E-state index is 13.9. The van der Waals surface area contributed by atoms with Crippen LogP contribution in [0.25, 0.3) is 0 Å². The molecule has 0 aliphatic carbocycles. The van der Waals surface area contributed by atoms with Gasteiger partial charge < -0.3 is 30.7 Å². The number of nitrogens with one attached hydrogen (secondary N) is 2. The number of carbonyl (C=O) groups excluding carboxylic acids is 4. The molecule has 2 aromatic carbocycles. The maximum absolute atomic E-state index is 13.9. The van der Waals surface area contributed by atoms with Crippen LogP contribution in [-0.2, 0) is 32.0 Å². The Balaban J connectivity index is 0.00000167. The molecule has 3 saturated heterocycles. The van der Waals surface area contributed by atoms with Crippen molar-refractivity contribution in [1.82, 2.24) is 24.9 Å². The summed E-state index contributed by atoms with van der Waals surface area (Å²) in [5.41, 5.74) is 6.51. The van der Waals surface area contributed by atoms with Gasteiger partial charge in [-0.1, -0.05) is 60.7 Å². The Morgan fingerprint density at radius 3 is 2.25 bits per heavy atom. The van der Waals surface area contributed by atoms with E-state index in [1.807, 2.05) is 53.4 Å². The summed E-state index contributed by atoms with van der Waals surface area (Å²) in [6.07, 6.45) is 8.41. The quantitative estimate of drug-likeness (QED) is 0.236. The fraction of sp³-hybridized carbons (Fsp3) is 0.541. The van der Waals surface area contributed by atoms with E-state index in [0.29, 0.717) is 38.4 Å². The van der Waals surface area contributed by atoms with Crippen LogP contribution in [-0.4, -0.2) is 115 Å². The van der Waals surface area contributed by atoms with Gasteiger partial charge >= 0.3 is 0 Å². The van der Waals surface area contributed by atoms with Gasteiger partial charge in [-0.15, -0.1) is 0 Å². The first kappa shape index (κ1) is 36.6. The van der Waals surface area contributed by atoms with Gasteiger partial charge in [-0.3, -0.25) is 24.6 Å². The minimum Gasteiger partial charge on any atom is -0.390 e. The molecule has 0 radical (unpaired) electrons. The number of piperidine rings is 2. The number of amides is 4. The number of aryl methyl sites for hydroxylation is 1. The van der Waals surface area contributed by atoms with Gasteiger partial charge in [0.05, 0.1) is 12.9 Å². The molecule has 0 spiro atoms. The van der Waals surface area contributed by atoms with Gasteiger partial charge in [-0.25, -0.2) is 0 Å². The molecule has 48 heavy (non-hydrogen) atoms. The summed E-state index contributed by atoms with van der Waals surface area (Å²) in [6.45, 7) is 3.57. The first-order valence-electron chi connectivity index (χ1n) is 17.4. The number of piperazine rings is 1. The van der Waals surface area contributed by atoms with Crippen LogP contribution >= 0.6 is 0 Å². The van der Waals surface area contributed by atoms with E-state index in [2.05, 4.69) is 35.1 Å². The highest BCUT2D eigenvalue weighted by Gasteiger charge is 2.40. The van der Waals surface area contributed by atoms with Crippen molar-refractivity contribution in [3.8, 4) is 0 Å². The zero-order valence-electron chi connectivity index (χ0n) is 28.4. The molecule has 0 bridgehead atoms. The lowest BCUT2D eigenvalue weighted by molar-refractivity contribution is -0.157. The third-order valence-corrected chi connectivity index (χ3v) is 9.53. The summed E-state index contributed by atoms with van der Waals surface area (Å²) in [5, 5.41) is 8.90. The highest BCUT2D eigenvalue weighted by molar-refractivity contribution is 5.98. The lowest BCUT2D eigenvalue weighted by Crippen LogP contribution is -2.63. The molecule has 4 amide bonds.